The summed E-state index contributed by atoms with van der Waals surface area (Å²) >= 11 is 0. The van der Waals surface area contributed by atoms with Crippen LogP contribution in [-0.4, -0.2) is 4.98 Å². The summed E-state index contributed by atoms with van der Waals surface area (Å²) in [6.45, 7) is 3.81. The van der Waals surface area contributed by atoms with E-state index in [1.165, 1.54) is 0 Å². The van der Waals surface area contributed by atoms with E-state index in [4.69, 9.17) is 4.74 Å². The van der Waals surface area contributed by atoms with Gasteiger partial charge in [0.05, 0.1) is 5.69 Å². The second-order valence-corrected chi connectivity index (χ2v) is 4.48. The third-order valence-electron chi connectivity index (χ3n) is 3.19. The van der Waals surface area contributed by atoms with Gasteiger partial charge in [0.25, 0.3) is 0 Å². The number of ether oxygens (including phenoxy) is 1. The summed E-state index contributed by atoms with van der Waals surface area (Å²) in [5.41, 5.74) is 3.19. The molecule has 2 heterocycles. The number of benzene rings is 1. The van der Waals surface area contributed by atoms with Crippen LogP contribution in [0.1, 0.15) is 29.3 Å². The van der Waals surface area contributed by atoms with Gasteiger partial charge in [0.2, 0.25) is 0 Å². The van der Waals surface area contributed by atoms with Crippen LogP contribution < -0.4 is 0 Å². The van der Waals surface area contributed by atoms with E-state index in [0.29, 0.717) is 0 Å². The molecule has 1 aliphatic rings. The highest BCUT2D eigenvalue weighted by atomic mass is 16.5. The zero-order valence-corrected chi connectivity index (χ0v) is 10.6. The Hall–Kier alpha value is -2.35. The molecule has 94 valence electrons. The fourth-order valence-corrected chi connectivity index (χ4v) is 2.28. The molecule has 0 saturated heterocycles. The number of hydrogen-bond donors (Lipinski definition) is 0. The summed E-state index contributed by atoms with van der Waals surface area (Å²) in [5, 5.41) is 0. The van der Waals surface area contributed by atoms with Gasteiger partial charge in [-0.05, 0) is 6.07 Å². The summed E-state index contributed by atoms with van der Waals surface area (Å²) in [6.07, 6.45) is 6.48. The Kier molecular flexibility index (Phi) is 3.15. The lowest BCUT2D eigenvalue weighted by Crippen LogP contribution is -2.10. The first-order chi connectivity index (χ1) is 9.38. The van der Waals surface area contributed by atoms with Crippen LogP contribution in [0, 0.1) is 0 Å². The molecule has 0 fully saturated rings. The van der Waals surface area contributed by atoms with Crippen molar-refractivity contribution in [2.45, 2.75) is 12.5 Å². The molecule has 0 amide bonds. The van der Waals surface area contributed by atoms with E-state index in [1.54, 1.807) is 0 Å². The second-order valence-electron chi connectivity index (χ2n) is 4.48. The van der Waals surface area contributed by atoms with Crippen LogP contribution in [0.5, 0.6) is 0 Å². The smallest absolute Gasteiger partial charge is 0.129 e. The van der Waals surface area contributed by atoms with Gasteiger partial charge in [-0.1, -0.05) is 42.5 Å². The maximum absolute atomic E-state index is 6.09. The molecule has 0 spiro atoms. The van der Waals surface area contributed by atoms with Crippen molar-refractivity contribution in [1.82, 2.24) is 4.98 Å². The van der Waals surface area contributed by atoms with E-state index >= 15 is 0 Å². The van der Waals surface area contributed by atoms with Crippen molar-refractivity contribution >= 4 is 11.8 Å². The number of nitrogens with zero attached hydrogens (tertiary/aromatic N) is 1. The van der Waals surface area contributed by atoms with Crippen LogP contribution in [0.25, 0.3) is 11.8 Å². The fourth-order valence-electron chi connectivity index (χ4n) is 2.28. The highest BCUT2D eigenvalue weighted by Crippen LogP contribution is 2.36. The van der Waals surface area contributed by atoms with Crippen LogP contribution in [0.4, 0.5) is 0 Å². The Morgan fingerprint density at radius 2 is 2.00 bits per heavy atom. The van der Waals surface area contributed by atoms with E-state index in [9.17, 15) is 0 Å². The van der Waals surface area contributed by atoms with Crippen molar-refractivity contribution in [1.29, 1.82) is 0 Å². The van der Waals surface area contributed by atoms with Crippen molar-refractivity contribution < 1.29 is 4.74 Å². The molecule has 2 heteroatoms. The molecule has 1 unspecified atom stereocenters. The molecular weight excluding hydrogens is 234 g/mol. The van der Waals surface area contributed by atoms with Gasteiger partial charge in [0.15, 0.2) is 0 Å². The summed E-state index contributed by atoms with van der Waals surface area (Å²) in [5.74, 6) is 0.874. The lowest BCUT2D eigenvalue weighted by molar-refractivity contribution is 0.169. The molecule has 1 aliphatic heterocycles. The van der Waals surface area contributed by atoms with Crippen LogP contribution in [0.15, 0.2) is 61.3 Å². The lowest BCUT2D eigenvalue weighted by atomic mass is 10.00. The van der Waals surface area contributed by atoms with Gasteiger partial charge in [-0.15, -0.1) is 6.58 Å². The molecule has 1 atom stereocenters. The number of rotatable bonds is 3. The van der Waals surface area contributed by atoms with Gasteiger partial charge >= 0.3 is 0 Å². The molecule has 0 radical (unpaired) electrons. The van der Waals surface area contributed by atoms with Crippen LogP contribution >= 0.6 is 0 Å². The van der Waals surface area contributed by atoms with Crippen molar-refractivity contribution in [2.75, 3.05) is 0 Å². The van der Waals surface area contributed by atoms with Gasteiger partial charge in [-0.25, -0.2) is 0 Å². The van der Waals surface area contributed by atoms with Crippen molar-refractivity contribution in [2.24, 2.45) is 0 Å². The molecule has 1 aromatic carbocycles. The molecule has 0 aliphatic carbocycles. The van der Waals surface area contributed by atoms with Crippen molar-refractivity contribution in [3.05, 3.63) is 78.1 Å². The monoisotopic (exact) mass is 249 g/mol. The van der Waals surface area contributed by atoms with Gasteiger partial charge in [-0.3, -0.25) is 4.98 Å². The van der Waals surface area contributed by atoms with Crippen molar-refractivity contribution in [3.63, 3.8) is 0 Å². The zero-order valence-electron chi connectivity index (χ0n) is 10.6. The van der Waals surface area contributed by atoms with Gasteiger partial charge in [0.1, 0.15) is 11.9 Å². The predicted octanol–water partition coefficient (Wildman–Crippen LogP) is 4.23. The lowest BCUT2D eigenvalue weighted by Gasteiger charge is -2.26. The maximum Gasteiger partial charge on any atom is 0.129 e. The zero-order chi connectivity index (χ0) is 13.1. The second kappa shape index (κ2) is 5.11. The van der Waals surface area contributed by atoms with E-state index in [1.807, 2.05) is 54.7 Å². The average molecular weight is 249 g/mol. The topological polar surface area (TPSA) is 22.1 Å². The average Bonchev–Trinajstić information content (AvgIpc) is 2.48. The first kappa shape index (κ1) is 11.7. The Labute approximate surface area is 113 Å². The summed E-state index contributed by atoms with van der Waals surface area (Å²) in [6, 6.07) is 14.1. The Bertz CT molecular complexity index is 616. The minimum absolute atomic E-state index is 0.00130. The van der Waals surface area contributed by atoms with Gasteiger partial charge < -0.3 is 4.74 Å². The Balaban J connectivity index is 2.05. The summed E-state index contributed by atoms with van der Waals surface area (Å²) < 4.78 is 6.09. The Morgan fingerprint density at radius 3 is 2.79 bits per heavy atom. The number of pyridine rings is 1. The molecule has 1 aromatic heterocycles. The summed E-state index contributed by atoms with van der Waals surface area (Å²) in [7, 11) is 0. The molecule has 19 heavy (non-hydrogen) atoms. The number of hydrogen-bond acceptors (Lipinski definition) is 2. The minimum Gasteiger partial charge on any atom is -0.485 e. The minimum atomic E-state index is 0.00130. The highest BCUT2D eigenvalue weighted by Gasteiger charge is 2.22. The van der Waals surface area contributed by atoms with E-state index < -0.39 is 0 Å². The quantitative estimate of drug-likeness (QED) is 0.759. The first-order valence-electron chi connectivity index (χ1n) is 6.38. The molecule has 3 rings (SSSR count). The molecule has 2 aromatic rings. The van der Waals surface area contributed by atoms with Crippen LogP contribution in [0.2, 0.25) is 0 Å². The highest BCUT2D eigenvalue weighted by molar-refractivity contribution is 5.79. The molecule has 0 saturated carbocycles. The first-order valence-corrected chi connectivity index (χ1v) is 6.38. The fraction of sp³-hybridized carbons (Fsp3) is 0.118. The van der Waals surface area contributed by atoms with Crippen molar-refractivity contribution in [3.8, 4) is 0 Å². The third-order valence-corrected chi connectivity index (χ3v) is 3.19. The molecule has 0 N–H and O–H groups in total. The van der Waals surface area contributed by atoms with Crippen LogP contribution in [-0.2, 0) is 4.74 Å². The predicted molar refractivity (Wildman–Crippen MR) is 77.2 cm³/mol. The van der Waals surface area contributed by atoms with Crippen LogP contribution in [0.3, 0.4) is 0 Å². The van der Waals surface area contributed by atoms with E-state index in [2.05, 4.69) is 17.6 Å². The largest absolute Gasteiger partial charge is 0.485 e. The standard InChI is InChI=1S/C17H15NO/c1-2-7-16-14-10-6-11-18-15(14)12-17(19-16)13-8-4-3-5-9-13/h2-6,8-12,16H,1,7H2. The summed E-state index contributed by atoms with van der Waals surface area (Å²) in [4.78, 5) is 4.44. The molecule has 2 nitrogen and oxygen atoms in total. The van der Waals surface area contributed by atoms with E-state index in [-0.39, 0.29) is 6.10 Å². The Morgan fingerprint density at radius 1 is 1.16 bits per heavy atom. The number of fused-ring (bicyclic) bond motifs is 1. The van der Waals surface area contributed by atoms with Gasteiger partial charge in [0, 0.05) is 29.8 Å². The SMILES string of the molecule is C=CCC1OC(c2ccccc2)=Cc2ncccc21. The molecule has 0 bridgehead atoms. The van der Waals surface area contributed by atoms with Gasteiger partial charge in [-0.2, -0.15) is 0 Å². The third kappa shape index (κ3) is 2.29. The van der Waals surface area contributed by atoms with E-state index in [0.717, 1.165) is 29.0 Å². The maximum atomic E-state index is 6.09. The molecular formula is C17H15NO. The normalized spacial score (nSPS) is 17.1. The number of aromatic nitrogens is 1.